The molecule has 0 radical (unpaired) electrons. The number of rotatable bonds is 4. The van der Waals surface area contributed by atoms with Gasteiger partial charge in [-0.1, -0.05) is 43.2 Å². The van der Waals surface area contributed by atoms with Crippen LogP contribution in [-0.4, -0.2) is 53.3 Å². The predicted molar refractivity (Wildman–Crippen MR) is 88.8 cm³/mol. The molecule has 1 N–H and O–H groups in total. The van der Waals surface area contributed by atoms with Crippen molar-refractivity contribution < 1.29 is 9.59 Å². The molecule has 2 fully saturated rings. The first-order valence-electron chi connectivity index (χ1n) is 8.47. The van der Waals surface area contributed by atoms with Crippen LogP contribution >= 0.6 is 0 Å². The lowest BCUT2D eigenvalue weighted by atomic mass is 10.0. The fraction of sp³-hybridized carbons (Fsp3) is 0.556. The van der Waals surface area contributed by atoms with Crippen molar-refractivity contribution in [2.75, 3.05) is 19.6 Å². The number of carbonyl (C=O) groups excluding carboxylic acids is 2. The average molecular weight is 315 g/mol. The van der Waals surface area contributed by atoms with Gasteiger partial charge in [-0.3, -0.25) is 14.5 Å². The molecule has 2 heterocycles. The third-order valence-electron chi connectivity index (χ3n) is 4.77. The highest BCUT2D eigenvalue weighted by Crippen LogP contribution is 2.19. The summed E-state index contributed by atoms with van der Waals surface area (Å²) in [5.74, 6) is 0.0862. The van der Waals surface area contributed by atoms with Crippen LogP contribution in [0.2, 0.25) is 0 Å². The topological polar surface area (TPSA) is 52.7 Å². The Balaban J connectivity index is 1.65. The largest absolute Gasteiger partial charge is 0.342 e. The number of carbonyl (C=O) groups is 2. The molecular weight excluding hydrogens is 290 g/mol. The van der Waals surface area contributed by atoms with E-state index in [0.717, 1.165) is 25.9 Å². The van der Waals surface area contributed by atoms with E-state index in [1.807, 2.05) is 6.92 Å². The van der Waals surface area contributed by atoms with E-state index in [1.54, 1.807) is 4.90 Å². The van der Waals surface area contributed by atoms with Crippen LogP contribution in [0.25, 0.3) is 0 Å². The predicted octanol–water partition coefficient (Wildman–Crippen LogP) is 1.31. The standard InChI is InChI=1S/C18H25N3O2/c1-3-4-15-18(23)21-10-9-20(12-16(21)17(22)19-15)11-14-7-5-13(2)6-8-14/h5-8,15-16H,3-4,9-12H2,1-2H3,(H,19,22)/t15-,16+/m0/s1. The van der Waals surface area contributed by atoms with Crippen molar-refractivity contribution in [1.29, 1.82) is 0 Å². The highest BCUT2D eigenvalue weighted by Gasteiger charge is 2.42. The van der Waals surface area contributed by atoms with E-state index in [0.29, 0.717) is 13.1 Å². The van der Waals surface area contributed by atoms with Gasteiger partial charge in [0, 0.05) is 26.2 Å². The Bertz CT molecular complexity index is 584. The SMILES string of the molecule is CCC[C@@H]1NC(=O)[C@H]2CN(Cc3ccc(C)cc3)CCN2C1=O. The van der Waals surface area contributed by atoms with E-state index in [-0.39, 0.29) is 23.9 Å². The zero-order valence-electron chi connectivity index (χ0n) is 13.9. The van der Waals surface area contributed by atoms with Gasteiger partial charge in [-0.25, -0.2) is 0 Å². The van der Waals surface area contributed by atoms with Crippen LogP contribution in [0, 0.1) is 6.92 Å². The Morgan fingerprint density at radius 1 is 1.17 bits per heavy atom. The Morgan fingerprint density at radius 3 is 2.61 bits per heavy atom. The van der Waals surface area contributed by atoms with Crippen LogP contribution in [0.1, 0.15) is 30.9 Å². The number of piperazine rings is 2. The van der Waals surface area contributed by atoms with Crippen LogP contribution in [0.15, 0.2) is 24.3 Å². The van der Waals surface area contributed by atoms with Crippen molar-refractivity contribution in [3.63, 3.8) is 0 Å². The lowest BCUT2D eigenvalue weighted by Crippen LogP contribution is -2.69. The maximum atomic E-state index is 12.5. The number of aryl methyl sites for hydroxylation is 1. The Hall–Kier alpha value is -1.88. The summed E-state index contributed by atoms with van der Waals surface area (Å²) < 4.78 is 0. The zero-order chi connectivity index (χ0) is 16.4. The van der Waals surface area contributed by atoms with Gasteiger partial charge >= 0.3 is 0 Å². The number of nitrogens with zero attached hydrogens (tertiary/aromatic N) is 2. The smallest absolute Gasteiger partial charge is 0.245 e. The second-order valence-electron chi connectivity index (χ2n) is 6.62. The first-order chi connectivity index (χ1) is 11.1. The molecule has 124 valence electrons. The van der Waals surface area contributed by atoms with Gasteiger partial charge in [0.1, 0.15) is 12.1 Å². The molecule has 5 nitrogen and oxygen atoms in total. The first-order valence-corrected chi connectivity index (χ1v) is 8.47. The quantitative estimate of drug-likeness (QED) is 0.911. The molecule has 0 bridgehead atoms. The summed E-state index contributed by atoms with van der Waals surface area (Å²) in [4.78, 5) is 28.9. The molecule has 0 unspecified atom stereocenters. The molecule has 2 saturated heterocycles. The minimum atomic E-state index is -0.338. The van der Waals surface area contributed by atoms with Gasteiger partial charge in [0.25, 0.3) is 0 Å². The van der Waals surface area contributed by atoms with Crippen molar-refractivity contribution in [3.05, 3.63) is 35.4 Å². The lowest BCUT2D eigenvalue weighted by Gasteiger charge is -2.45. The van der Waals surface area contributed by atoms with Gasteiger partial charge in [0.05, 0.1) is 0 Å². The Labute approximate surface area is 137 Å². The van der Waals surface area contributed by atoms with Crippen molar-refractivity contribution in [2.45, 2.75) is 45.3 Å². The lowest BCUT2D eigenvalue weighted by molar-refractivity contribution is -0.153. The second kappa shape index (κ2) is 6.71. The molecule has 5 heteroatoms. The van der Waals surface area contributed by atoms with Crippen LogP contribution in [0.3, 0.4) is 0 Å². The Morgan fingerprint density at radius 2 is 1.91 bits per heavy atom. The molecule has 0 aliphatic carbocycles. The van der Waals surface area contributed by atoms with Crippen LogP contribution in [0.4, 0.5) is 0 Å². The second-order valence-corrected chi connectivity index (χ2v) is 6.62. The molecular formula is C18H25N3O2. The number of nitrogens with one attached hydrogen (secondary N) is 1. The molecule has 2 amide bonds. The average Bonchev–Trinajstić information content (AvgIpc) is 2.55. The zero-order valence-corrected chi connectivity index (χ0v) is 13.9. The Kier molecular flexibility index (Phi) is 4.66. The normalized spacial score (nSPS) is 25.2. The van der Waals surface area contributed by atoms with Gasteiger partial charge in [-0.05, 0) is 18.9 Å². The van der Waals surface area contributed by atoms with Crippen LogP contribution in [0.5, 0.6) is 0 Å². The summed E-state index contributed by atoms with van der Waals surface area (Å²) in [6.45, 7) is 7.01. The van der Waals surface area contributed by atoms with E-state index in [4.69, 9.17) is 0 Å². The molecule has 3 rings (SSSR count). The summed E-state index contributed by atoms with van der Waals surface area (Å²) in [6.07, 6.45) is 1.62. The number of hydrogen-bond acceptors (Lipinski definition) is 3. The van der Waals surface area contributed by atoms with E-state index in [1.165, 1.54) is 11.1 Å². The van der Waals surface area contributed by atoms with Gasteiger partial charge in [0.15, 0.2) is 0 Å². The monoisotopic (exact) mass is 315 g/mol. The number of benzene rings is 1. The van der Waals surface area contributed by atoms with E-state index in [2.05, 4.69) is 41.4 Å². The minimum absolute atomic E-state index is 0.00310. The van der Waals surface area contributed by atoms with E-state index >= 15 is 0 Å². The molecule has 0 saturated carbocycles. The maximum absolute atomic E-state index is 12.5. The van der Waals surface area contributed by atoms with Gasteiger partial charge < -0.3 is 10.2 Å². The van der Waals surface area contributed by atoms with Crippen molar-refractivity contribution in [3.8, 4) is 0 Å². The van der Waals surface area contributed by atoms with E-state index in [9.17, 15) is 9.59 Å². The number of fused-ring (bicyclic) bond motifs is 1. The molecule has 1 aromatic rings. The third kappa shape index (κ3) is 3.39. The van der Waals surface area contributed by atoms with Crippen LogP contribution < -0.4 is 5.32 Å². The van der Waals surface area contributed by atoms with Crippen molar-refractivity contribution >= 4 is 11.8 Å². The summed E-state index contributed by atoms with van der Waals surface area (Å²) in [5, 5.41) is 2.90. The summed E-state index contributed by atoms with van der Waals surface area (Å²) in [7, 11) is 0. The molecule has 23 heavy (non-hydrogen) atoms. The summed E-state index contributed by atoms with van der Waals surface area (Å²) >= 11 is 0. The first kappa shape index (κ1) is 16.0. The number of amides is 2. The highest BCUT2D eigenvalue weighted by molar-refractivity contribution is 5.97. The summed E-state index contributed by atoms with van der Waals surface area (Å²) in [5.41, 5.74) is 2.49. The maximum Gasteiger partial charge on any atom is 0.245 e. The molecule has 0 spiro atoms. The highest BCUT2D eigenvalue weighted by atomic mass is 16.2. The molecule has 2 aliphatic heterocycles. The van der Waals surface area contributed by atoms with Crippen LogP contribution in [-0.2, 0) is 16.1 Å². The van der Waals surface area contributed by atoms with Gasteiger partial charge in [-0.2, -0.15) is 0 Å². The fourth-order valence-corrected chi connectivity index (χ4v) is 3.44. The number of hydrogen-bond donors (Lipinski definition) is 1. The third-order valence-corrected chi connectivity index (χ3v) is 4.77. The minimum Gasteiger partial charge on any atom is -0.342 e. The van der Waals surface area contributed by atoms with E-state index < -0.39 is 0 Å². The fourth-order valence-electron chi connectivity index (χ4n) is 3.44. The molecule has 2 aliphatic rings. The van der Waals surface area contributed by atoms with Gasteiger partial charge in [0.2, 0.25) is 11.8 Å². The summed E-state index contributed by atoms with van der Waals surface area (Å²) in [6, 6.07) is 7.81. The van der Waals surface area contributed by atoms with Crippen molar-refractivity contribution in [2.24, 2.45) is 0 Å². The van der Waals surface area contributed by atoms with Crippen molar-refractivity contribution in [1.82, 2.24) is 15.1 Å². The molecule has 0 aromatic heterocycles. The molecule has 1 aromatic carbocycles. The van der Waals surface area contributed by atoms with Gasteiger partial charge in [-0.15, -0.1) is 0 Å². The molecule has 2 atom stereocenters.